The molecular formula is C16H15N5O2S2. The molecule has 128 valence electrons. The van der Waals surface area contributed by atoms with Crippen LogP contribution in [0.25, 0.3) is 9.88 Å². The highest BCUT2D eigenvalue weighted by molar-refractivity contribution is 7.20. The molecular weight excluding hydrogens is 358 g/mol. The molecule has 0 aromatic carbocycles. The fourth-order valence-corrected chi connectivity index (χ4v) is 4.41. The van der Waals surface area contributed by atoms with E-state index in [1.54, 1.807) is 34.1 Å². The zero-order chi connectivity index (χ0) is 17.2. The minimum Gasteiger partial charge on any atom is -0.353 e. The van der Waals surface area contributed by atoms with Crippen LogP contribution in [0.4, 0.5) is 0 Å². The van der Waals surface area contributed by atoms with Crippen molar-refractivity contribution >= 4 is 34.5 Å². The number of aromatic nitrogens is 3. The lowest BCUT2D eigenvalue weighted by molar-refractivity contribution is -0.127. The van der Waals surface area contributed by atoms with Crippen molar-refractivity contribution in [2.24, 2.45) is 0 Å². The number of hydrogen-bond donors (Lipinski definition) is 2. The van der Waals surface area contributed by atoms with Gasteiger partial charge in [-0.3, -0.25) is 9.59 Å². The van der Waals surface area contributed by atoms with E-state index >= 15 is 0 Å². The molecule has 1 aliphatic heterocycles. The van der Waals surface area contributed by atoms with Gasteiger partial charge in [0, 0.05) is 36.8 Å². The van der Waals surface area contributed by atoms with E-state index in [0.717, 1.165) is 15.6 Å². The summed E-state index contributed by atoms with van der Waals surface area (Å²) >= 11 is 3.03. The van der Waals surface area contributed by atoms with Crippen LogP contribution in [0.2, 0.25) is 0 Å². The van der Waals surface area contributed by atoms with Crippen molar-refractivity contribution in [2.75, 3.05) is 13.1 Å². The van der Waals surface area contributed by atoms with Gasteiger partial charge in [0.15, 0.2) is 0 Å². The quantitative estimate of drug-likeness (QED) is 0.729. The highest BCUT2D eigenvalue weighted by Crippen LogP contribution is 2.28. The number of carbonyl (C=O) groups excluding carboxylic acids is 2. The molecule has 9 heteroatoms. The smallest absolute Gasteiger partial charge is 0.274 e. The van der Waals surface area contributed by atoms with Crippen LogP contribution in [0, 0.1) is 0 Å². The zero-order valence-electron chi connectivity index (χ0n) is 13.1. The van der Waals surface area contributed by atoms with Gasteiger partial charge in [-0.1, -0.05) is 6.07 Å². The summed E-state index contributed by atoms with van der Waals surface area (Å²) in [6.45, 7) is 0.918. The Hall–Kier alpha value is -2.52. The second-order valence-corrected chi connectivity index (χ2v) is 7.41. The molecule has 1 fully saturated rings. The van der Waals surface area contributed by atoms with Gasteiger partial charge in [-0.05, 0) is 11.4 Å². The molecule has 3 aromatic rings. The summed E-state index contributed by atoms with van der Waals surface area (Å²) in [5.41, 5.74) is 1.20. The lowest BCUT2D eigenvalue weighted by atomic mass is 10.1. The standard InChI is InChI=1S/C16H15N5O2S2/c22-14-12(6-10-7-17-9-19-10)21(4-3-18-14)16(23)11-8-25-15(20-11)13-2-1-5-24-13/h1-2,5,7-9,12H,3-4,6H2,(H,17,19)(H,18,22)/t12-/m0/s1. The Labute approximate surface area is 151 Å². The molecule has 4 heterocycles. The average Bonchev–Trinajstić information content (AvgIpc) is 3.37. The number of thiazole rings is 1. The summed E-state index contributed by atoms with van der Waals surface area (Å²) in [6, 6.07) is 3.37. The second kappa shape index (κ2) is 6.77. The lowest BCUT2D eigenvalue weighted by Gasteiger charge is -2.34. The van der Waals surface area contributed by atoms with E-state index in [1.165, 1.54) is 11.3 Å². The van der Waals surface area contributed by atoms with Crippen LogP contribution in [-0.4, -0.2) is 50.8 Å². The minimum atomic E-state index is -0.561. The lowest BCUT2D eigenvalue weighted by Crippen LogP contribution is -2.58. The SMILES string of the molecule is O=C1NCCN(C(=O)c2csc(-c3cccs3)n2)[C@H]1Cc1cnc[nH]1. The first-order valence-electron chi connectivity index (χ1n) is 7.77. The molecule has 2 amide bonds. The van der Waals surface area contributed by atoms with Gasteiger partial charge in [0.2, 0.25) is 5.91 Å². The van der Waals surface area contributed by atoms with Crippen LogP contribution >= 0.6 is 22.7 Å². The van der Waals surface area contributed by atoms with Gasteiger partial charge in [0.05, 0.1) is 11.2 Å². The fraction of sp³-hybridized carbons (Fsp3) is 0.250. The maximum Gasteiger partial charge on any atom is 0.274 e. The number of nitrogens with zero attached hydrogens (tertiary/aromatic N) is 3. The van der Waals surface area contributed by atoms with Crippen molar-refractivity contribution in [1.82, 2.24) is 25.2 Å². The van der Waals surface area contributed by atoms with Gasteiger partial charge in [-0.2, -0.15) is 0 Å². The molecule has 0 bridgehead atoms. The summed E-state index contributed by atoms with van der Waals surface area (Å²) in [4.78, 5) is 39.3. The maximum atomic E-state index is 12.9. The van der Waals surface area contributed by atoms with E-state index in [2.05, 4.69) is 20.3 Å². The molecule has 3 aromatic heterocycles. The van der Waals surface area contributed by atoms with Crippen molar-refractivity contribution < 1.29 is 9.59 Å². The number of amides is 2. The molecule has 1 aliphatic rings. The van der Waals surface area contributed by atoms with E-state index in [0.29, 0.717) is 25.2 Å². The third-order valence-electron chi connectivity index (χ3n) is 4.02. The Morgan fingerprint density at radius 3 is 3.08 bits per heavy atom. The number of H-pyrrole nitrogens is 1. The van der Waals surface area contributed by atoms with Crippen LogP contribution in [0.15, 0.2) is 35.4 Å². The normalized spacial score (nSPS) is 17.5. The van der Waals surface area contributed by atoms with Gasteiger partial charge in [-0.25, -0.2) is 9.97 Å². The summed E-state index contributed by atoms with van der Waals surface area (Å²) in [6.07, 6.45) is 3.64. The molecule has 7 nitrogen and oxygen atoms in total. The van der Waals surface area contributed by atoms with E-state index in [9.17, 15) is 9.59 Å². The summed E-state index contributed by atoms with van der Waals surface area (Å²) in [5.74, 6) is -0.360. The number of nitrogens with one attached hydrogen (secondary N) is 2. The summed E-state index contributed by atoms with van der Waals surface area (Å²) in [7, 11) is 0. The third-order valence-corrected chi connectivity index (χ3v) is 5.90. The third kappa shape index (κ3) is 3.20. The van der Waals surface area contributed by atoms with E-state index in [1.807, 2.05) is 17.5 Å². The van der Waals surface area contributed by atoms with Gasteiger partial charge in [0.25, 0.3) is 5.91 Å². The van der Waals surface area contributed by atoms with E-state index in [4.69, 9.17) is 0 Å². The first-order valence-corrected chi connectivity index (χ1v) is 9.53. The number of piperazine rings is 1. The minimum absolute atomic E-state index is 0.150. The number of aromatic amines is 1. The molecule has 0 radical (unpaired) electrons. The molecule has 0 saturated carbocycles. The Morgan fingerprint density at radius 1 is 1.40 bits per heavy atom. The summed E-state index contributed by atoms with van der Waals surface area (Å²) < 4.78 is 0. The Kier molecular flexibility index (Phi) is 4.33. The van der Waals surface area contributed by atoms with Crippen LogP contribution in [0.3, 0.4) is 0 Å². The van der Waals surface area contributed by atoms with Crippen molar-refractivity contribution in [3.63, 3.8) is 0 Å². The molecule has 2 N–H and O–H groups in total. The Morgan fingerprint density at radius 2 is 2.32 bits per heavy atom. The molecule has 25 heavy (non-hydrogen) atoms. The van der Waals surface area contributed by atoms with Crippen molar-refractivity contribution in [3.05, 3.63) is 46.8 Å². The molecule has 1 atom stereocenters. The number of thiophene rings is 1. The maximum absolute atomic E-state index is 12.9. The number of hydrogen-bond acceptors (Lipinski definition) is 6. The Balaban J connectivity index is 1.57. The largest absolute Gasteiger partial charge is 0.353 e. The van der Waals surface area contributed by atoms with Gasteiger partial charge >= 0.3 is 0 Å². The molecule has 4 rings (SSSR count). The van der Waals surface area contributed by atoms with E-state index in [-0.39, 0.29) is 11.8 Å². The van der Waals surface area contributed by atoms with Gasteiger partial charge < -0.3 is 15.2 Å². The van der Waals surface area contributed by atoms with Crippen LogP contribution in [-0.2, 0) is 11.2 Å². The van der Waals surface area contributed by atoms with Gasteiger partial charge in [-0.15, -0.1) is 22.7 Å². The van der Waals surface area contributed by atoms with Crippen molar-refractivity contribution in [3.8, 4) is 9.88 Å². The zero-order valence-corrected chi connectivity index (χ0v) is 14.8. The second-order valence-electron chi connectivity index (χ2n) is 5.60. The van der Waals surface area contributed by atoms with Gasteiger partial charge in [0.1, 0.15) is 16.7 Å². The first-order chi connectivity index (χ1) is 12.2. The Bertz CT molecular complexity index is 872. The fourth-order valence-electron chi connectivity index (χ4n) is 2.80. The predicted octanol–water partition coefficient (Wildman–Crippen LogP) is 1.78. The first kappa shape index (κ1) is 16.0. The van der Waals surface area contributed by atoms with Crippen LogP contribution in [0.5, 0.6) is 0 Å². The molecule has 1 saturated heterocycles. The van der Waals surface area contributed by atoms with Crippen LogP contribution in [0.1, 0.15) is 16.2 Å². The van der Waals surface area contributed by atoms with Crippen molar-refractivity contribution in [2.45, 2.75) is 12.5 Å². The van der Waals surface area contributed by atoms with Crippen molar-refractivity contribution in [1.29, 1.82) is 0 Å². The highest BCUT2D eigenvalue weighted by Gasteiger charge is 2.34. The number of imidazole rings is 1. The predicted molar refractivity (Wildman–Crippen MR) is 95.6 cm³/mol. The molecule has 0 spiro atoms. The van der Waals surface area contributed by atoms with Crippen LogP contribution < -0.4 is 5.32 Å². The highest BCUT2D eigenvalue weighted by atomic mass is 32.1. The monoisotopic (exact) mass is 373 g/mol. The molecule has 0 unspecified atom stereocenters. The number of carbonyl (C=O) groups is 2. The van der Waals surface area contributed by atoms with E-state index < -0.39 is 6.04 Å². The molecule has 0 aliphatic carbocycles. The number of rotatable bonds is 4. The average molecular weight is 373 g/mol. The topological polar surface area (TPSA) is 91.0 Å². The summed E-state index contributed by atoms with van der Waals surface area (Å²) in [5, 5.41) is 7.39.